The molecule has 1 amide bonds. The fourth-order valence-corrected chi connectivity index (χ4v) is 1.98. The SMILES string of the molecule is O=C(NCCn1nc(-n2cncn2)ccc1=O)c1ccc(=O)[nH]c1. The molecule has 0 saturated heterocycles. The van der Waals surface area contributed by atoms with Gasteiger partial charge in [0.1, 0.15) is 12.7 Å². The lowest BCUT2D eigenvalue weighted by Gasteiger charge is -2.08. The molecule has 0 aliphatic carbocycles. The highest BCUT2D eigenvalue weighted by Crippen LogP contribution is 1.97. The van der Waals surface area contributed by atoms with Crippen LogP contribution in [0.3, 0.4) is 0 Å². The maximum absolute atomic E-state index is 11.9. The number of amides is 1. The lowest BCUT2D eigenvalue weighted by molar-refractivity contribution is 0.0951. The smallest absolute Gasteiger partial charge is 0.266 e. The van der Waals surface area contributed by atoms with E-state index in [1.165, 1.54) is 52.5 Å². The molecule has 0 radical (unpaired) electrons. The van der Waals surface area contributed by atoms with Gasteiger partial charge in [-0.05, 0) is 12.1 Å². The lowest BCUT2D eigenvalue weighted by Crippen LogP contribution is -2.32. The van der Waals surface area contributed by atoms with Crippen LogP contribution in [-0.4, -0.2) is 42.0 Å². The Morgan fingerprint density at radius 3 is 2.79 bits per heavy atom. The van der Waals surface area contributed by atoms with Crippen LogP contribution in [0.15, 0.2) is 52.7 Å². The van der Waals surface area contributed by atoms with Crippen LogP contribution in [0, 0.1) is 0 Å². The summed E-state index contributed by atoms with van der Waals surface area (Å²) >= 11 is 0. The summed E-state index contributed by atoms with van der Waals surface area (Å²) in [6.45, 7) is 0.391. The minimum atomic E-state index is -0.355. The standard InChI is InChI=1S/C14H13N7O3/c22-12-3-1-10(7-17-12)14(24)16-5-6-20-13(23)4-2-11(19-20)21-9-15-8-18-21/h1-4,7-9H,5-6H2,(H,16,24)(H,17,22). The van der Waals surface area contributed by atoms with E-state index in [9.17, 15) is 14.4 Å². The van der Waals surface area contributed by atoms with Crippen LogP contribution in [0.1, 0.15) is 10.4 Å². The molecule has 0 bridgehead atoms. The number of carbonyl (C=O) groups is 1. The molecule has 24 heavy (non-hydrogen) atoms. The fourth-order valence-electron chi connectivity index (χ4n) is 1.98. The molecule has 3 aromatic heterocycles. The van der Waals surface area contributed by atoms with Gasteiger partial charge in [-0.3, -0.25) is 14.4 Å². The van der Waals surface area contributed by atoms with Crippen molar-refractivity contribution in [1.82, 2.24) is 34.8 Å². The molecular formula is C14H13N7O3. The zero-order valence-corrected chi connectivity index (χ0v) is 12.4. The average Bonchev–Trinajstić information content (AvgIpc) is 3.11. The number of aromatic amines is 1. The van der Waals surface area contributed by atoms with Crippen molar-refractivity contribution in [2.75, 3.05) is 6.54 Å². The Labute approximate surface area is 134 Å². The molecule has 0 saturated carbocycles. The predicted molar refractivity (Wildman–Crippen MR) is 82.8 cm³/mol. The van der Waals surface area contributed by atoms with E-state index in [2.05, 4.69) is 25.5 Å². The summed E-state index contributed by atoms with van der Waals surface area (Å²) in [4.78, 5) is 41.0. The Morgan fingerprint density at radius 1 is 1.21 bits per heavy atom. The normalized spacial score (nSPS) is 10.5. The largest absolute Gasteiger partial charge is 0.350 e. The summed E-state index contributed by atoms with van der Waals surface area (Å²) < 4.78 is 2.65. The first-order valence-corrected chi connectivity index (χ1v) is 7.03. The van der Waals surface area contributed by atoms with Gasteiger partial charge >= 0.3 is 0 Å². The van der Waals surface area contributed by atoms with Gasteiger partial charge in [0.2, 0.25) is 5.56 Å². The second-order valence-electron chi connectivity index (χ2n) is 4.79. The lowest BCUT2D eigenvalue weighted by atomic mass is 10.3. The highest BCUT2D eigenvalue weighted by molar-refractivity contribution is 5.93. The molecule has 0 atom stereocenters. The Kier molecular flexibility index (Phi) is 4.27. The summed E-state index contributed by atoms with van der Waals surface area (Å²) in [5.41, 5.74) is -0.254. The zero-order chi connectivity index (χ0) is 16.9. The molecule has 3 aromatic rings. The number of hydrogen-bond acceptors (Lipinski definition) is 6. The van der Waals surface area contributed by atoms with Gasteiger partial charge in [0.25, 0.3) is 11.5 Å². The van der Waals surface area contributed by atoms with Crippen LogP contribution < -0.4 is 16.4 Å². The summed E-state index contributed by atoms with van der Waals surface area (Å²) in [6, 6.07) is 5.59. The van der Waals surface area contributed by atoms with E-state index in [1.54, 1.807) is 0 Å². The number of rotatable bonds is 5. The quantitative estimate of drug-likeness (QED) is 0.615. The highest BCUT2D eigenvalue weighted by atomic mass is 16.2. The Hall–Kier alpha value is -3.56. The Morgan fingerprint density at radius 2 is 2.08 bits per heavy atom. The van der Waals surface area contributed by atoms with Crippen LogP contribution >= 0.6 is 0 Å². The minimum absolute atomic E-state index is 0.191. The molecule has 0 unspecified atom stereocenters. The van der Waals surface area contributed by atoms with Gasteiger partial charge in [-0.1, -0.05) is 0 Å². The molecule has 3 rings (SSSR count). The van der Waals surface area contributed by atoms with E-state index in [0.717, 1.165) is 0 Å². The van der Waals surface area contributed by atoms with Crippen LogP contribution in [-0.2, 0) is 6.54 Å². The molecule has 0 aliphatic rings. The zero-order valence-electron chi connectivity index (χ0n) is 12.4. The second-order valence-corrected chi connectivity index (χ2v) is 4.79. The molecule has 122 valence electrons. The Balaban J connectivity index is 1.65. The third-order valence-electron chi connectivity index (χ3n) is 3.16. The summed E-state index contributed by atoms with van der Waals surface area (Å²) in [7, 11) is 0. The number of nitrogens with zero attached hydrogens (tertiary/aromatic N) is 5. The number of carbonyl (C=O) groups excluding carboxylic acids is 1. The van der Waals surface area contributed by atoms with E-state index in [0.29, 0.717) is 11.4 Å². The van der Waals surface area contributed by atoms with E-state index < -0.39 is 0 Å². The monoisotopic (exact) mass is 327 g/mol. The van der Waals surface area contributed by atoms with Gasteiger partial charge in [-0.15, -0.1) is 5.10 Å². The Bertz CT molecular complexity index is 938. The number of H-pyrrole nitrogens is 1. The van der Waals surface area contributed by atoms with Crippen molar-refractivity contribution in [2.24, 2.45) is 0 Å². The first-order valence-electron chi connectivity index (χ1n) is 7.03. The number of hydrogen-bond donors (Lipinski definition) is 2. The molecule has 2 N–H and O–H groups in total. The van der Waals surface area contributed by atoms with E-state index in [1.807, 2.05) is 0 Å². The van der Waals surface area contributed by atoms with Gasteiger partial charge in [-0.2, -0.15) is 5.10 Å². The third-order valence-corrected chi connectivity index (χ3v) is 3.16. The van der Waals surface area contributed by atoms with Crippen LogP contribution in [0.25, 0.3) is 5.82 Å². The van der Waals surface area contributed by atoms with Gasteiger partial charge < -0.3 is 10.3 Å². The molecule has 10 heteroatoms. The van der Waals surface area contributed by atoms with Crippen molar-refractivity contribution >= 4 is 5.91 Å². The number of pyridine rings is 1. The van der Waals surface area contributed by atoms with E-state index >= 15 is 0 Å². The van der Waals surface area contributed by atoms with Crippen molar-refractivity contribution < 1.29 is 4.79 Å². The maximum Gasteiger partial charge on any atom is 0.266 e. The molecule has 0 aromatic carbocycles. The molecule has 10 nitrogen and oxygen atoms in total. The first kappa shape index (κ1) is 15.3. The van der Waals surface area contributed by atoms with Gasteiger partial charge in [-0.25, -0.2) is 14.3 Å². The molecule has 3 heterocycles. The number of nitrogens with one attached hydrogen (secondary N) is 2. The van der Waals surface area contributed by atoms with Crippen molar-refractivity contribution in [3.63, 3.8) is 0 Å². The third kappa shape index (κ3) is 3.43. The van der Waals surface area contributed by atoms with Gasteiger partial charge in [0, 0.05) is 24.9 Å². The van der Waals surface area contributed by atoms with Crippen molar-refractivity contribution in [3.05, 3.63) is 69.4 Å². The molecule has 0 aliphatic heterocycles. The molecular weight excluding hydrogens is 314 g/mol. The van der Waals surface area contributed by atoms with Crippen LogP contribution in [0.2, 0.25) is 0 Å². The van der Waals surface area contributed by atoms with Gasteiger partial charge in [0.05, 0.1) is 12.1 Å². The second kappa shape index (κ2) is 6.69. The predicted octanol–water partition coefficient (Wildman–Crippen LogP) is -1.06. The summed E-state index contributed by atoms with van der Waals surface area (Å²) in [5, 5.41) is 10.8. The molecule has 0 fully saturated rings. The maximum atomic E-state index is 11.9. The van der Waals surface area contributed by atoms with Crippen molar-refractivity contribution in [2.45, 2.75) is 6.54 Å². The minimum Gasteiger partial charge on any atom is -0.350 e. The van der Waals surface area contributed by atoms with Crippen molar-refractivity contribution in [3.8, 4) is 5.82 Å². The number of aromatic nitrogens is 6. The fraction of sp³-hybridized carbons (Fsp3) is 0.143. The first-order chi connectivity index (χ1) is 11.6. The highest BCUT2D eigenvalue weighted by Gasteiger charge is 2.06. The van der Waals surface area contributed by atoms with Crippen LogP contribution in [0.4, 0.5) is 0 Å². The van der Waals surface area contributed by atoms with Gasteiger partial charge in [0.15, 0.2) is 5.82 Å². The van der Waals surface area contributed by atoms with Crippen LogP contribution in [0.5, 0.6) is 0 Å². The van der Waals surface area contributed by atoms with E-state index in [-0.39, 0.29) is 30.1 Å². The molecule has 0 spiro atoms. The van der Waals surface area contributed by atoms with E-state index in [4.69, 9.17) is 0 Å². The average molecular weight is 327 g/mol. The summed E-state index contributed by atoms with van der Waals surface area (Å²) in [5.74, 6) is 0.0887. The summed E-state index contributed by atoms with van der Waals surface area (Å²) in [6.07, 6.45) is 4.16. The topological polar surface area (TPSA) is 128 Å². The van der Waals surface area contributed by atoms with Crippen molar-refractivity contribution in [1.29, 1.82) is 0 Å².